The Bertz CT molecular complexity index is 532. The van der Waals surface area contributed by atoms with Crippen LogP contribution in [-0.2, 0) is 14.3 Å². The number of nitrogens with two attached hydrogens (primary N) is 1. The van der Waals surface area contributed by atoms with Crippen molar-refractivity contribution in [1.29, 1.82) is 0 Å². The van der Waals surface area contributed by atoms with Gasteiger partial charge in [0.1, 0.15) is 0 Å². The molecule has 0 aliphatic heterocycles. The van der Waals surface area contributed by atoms with Gasteiger partial charge in [-0.1, -0.05) is 141 Å². The van der Waals surface area contributed by atoms with E-state index < -0.39 is 0 Å². The van der Waals surface area contributed by atoms with Crippen molar-refractivity contribution < 1.29 is 14.3 Å². The standard InChI is InChI=1S/C34H65NO3/c1-2-3-4-5-6-7-8-9-10-11-14-17-20-23-26-29-32-38-34(37)31-28-25-22-19-16-13-12-15-18-21-24-27-30-33(35)36/h9-10H,2-8,11-32H2,1H3,(H2,35,36). The molecule has 0 atom stereocenters. The van der Waals surface area contributed by atoms with E-state index in [0.717, 1.165) is 32.1 Å². The van der Waals surface area contributed by atoms with Crippen LogP contribution < -0.4 is 5.73 Å². The van der Waals surface area contributed by atoms with Crippen LogP contribution in [-0.4, -0.2) is 18.5 Å². The molecule has 0 aliphatic rings. The number of esters is 1. The Morgan fingerprint density at radius 3 is 1.32 bits per heavy atom. The molecule has 0 fully saturated rings. The molecular weight excluding hydrogens is 470 g/mol. The van der Waals surface area contributed by atoms with Crippen LogP contribution in [0.5, 0.6) is 0 Å². The first-order valence-electron chi connectivity index (χ1n) is 16.8. The topological polar surface area (TPSA) is 69.4 Å². The van der Waals surface area contributed by atoms with Gasteiger partial charge in [-0.25, -0.2) is 0 Å². The molecular formula is C34H65NO3. The molecule has 0 aromatic heterocycles. The van der Waals surface area contributed by atoms with E-state index in [1.807, 2.05) is 0 Å². The van der Waals surface area contributed by atoms with Crippen molar-refractivity contribution in [3.63, 3.8) is 0 Å². The number of ether oxygens (including phenoxy) is 1. The zero-order valence-electron chi connectivity index (χ0n) is 25.5. The number of hydrogen-bond acceptors (Lipinski definition) is 3. The summed E-state index contributed by atoms with van der Waals surface area (Å²) in [6.07, 6.45) is 38.5. The molecule has 0 bridgehead atoms. The van der Waals surface area contributed by atoms with Gasteiger partial charge < -0.3 is 10.5 Å². The van der Waals surface area contributed by atoms with Crippen LogP contribution in [0.1, 0.15) is 187 Å². The van der Waals surface area contributed by atoms with Gasteiger partial charge in [0.2, 0.25) is 5.91 Å². The highest BCUT2D eigenvalue weighted by Gasteiger charge is 2.02. The Labute approximate surface area is 237 Å². The average molecular weight is 536 g/mol. The first kappa shape index (κ1) is 36.7. The summed E-state index contributed by atoms with van der Waals surface area (Å²) in [6, 6.07) is 0. The van der Waals surface area contributed by atoms with Crippen molar-refractivity contribution in [2.75, 3.05) is 6.61 Å². The van der Waals surface area contributed by atoms with Gasteiger partial charge in [-0.05, 0) is 44.9 Å². The lowest BCUT2D eigenvalue weighted by Gasteiger charge is -2.05. The highest BCUT2D eigenvalue weighted by molar-refractivity contribution is 5.73. The Balaban J connectivity index is 3.20. The fourth-order valence-electron chi connectivity index (χ4n) is 4.94. The number of primary amides is 1. The molecule has 4 nitrogen and oxygen atoms in total. The Morgan fingerprint density at radius 1 is 0.500 bits per heavy atom. The summed E-state index contributed by atoms with van der Waals surface area (Å²) < 4.78 is 5.41. The third-order valence-electron chi connectivity index (χ3n) is 7.47. The van der Waals surface area contributed by atoms with Crippen LogP contribution in [0.25, 0.3) is 0 Å². The van der Waals surface area contributed by atoms with Crippen molar-refractivity contribution >= 4 is 11.9 Å². The van der Waals surface area contributed by atoms with E-state index in [-0.39, 0.29) is 11.9 Å². The van der Waals surface area contributed by atoms with E-state index >= 15 is 0 Å². The van der Waals surface area contributed by atoms with Gasteiger partial charge in [-0.15, -0.1) is 0 Å². The lowest BCUT2D eigenvalue weighted by Crippen LogP contribution is -2.09. The molecule has 0 aliphatic carbocycles. The number of rotatable bonds is 31. The number of allylic oxidation sites excluding steroid dienone is 2. The van der Waals surface area contributed by atoms with Crippen LogP contribution in [0.3, 0.4) is 0 Å². The third-order valence-corrected chi connectivity index (χ3v) is 7.47. The van der Waals surface area contributed by atoms with Crippen LogP contribution in [0.4, 0.5) is 0 Å². The second kappa shape index (κ2) is 31.9. The third kappa shape index (κ3) is 32.7. The smallest absolute Gasteiger partial charge is 0.305 e. The summed E-state index contributed by atoms with van der Waals surface area (Å²) in [6.45, 7) is 2.88. The van der Waals surface area contributed by atoms with E-state index in [1.54, 1.807) is 0 Å². The summed E-state index contributed by atoms with van der Waals surface area (Å²) in [5.74, 6) is -0.181. The second-order valence-corrected chi connectivity index (χ2v) is 11.4. The van der Waals surface area contributed by atoms with E-state index in [9.17, 15) is 9.59 Å². The maximum absolute atomic E-state index is 11.9. The summed E-state index contributed by atoms with van der Waals surface area (Å²) in [7, 11) is 0. The molecule has 0 spiro atoms. The molecule has 0 unspecified atom stereocenters. The molecule has 0 heterocycles. The minimum absolute atomic E-state index is 0.00595. The molecule has 0 aromatic rings. The largest absolute Gasteiger partial charge is 0.466 e. The van der Waals surface area contributed by atoms with E-state index in [0.29, 0.717) is 19.4 Å². The zero-order valence-corrected chi connectivity index (χ0v) is 25.5. The van der Waals surface area contributed by atoms with Crippen molar-refractivity contribution in [2.24, 2.45) is 5.73 Å². The van der Waals surface area contributed by atoms with Crippen LogP contribution >= 0.6 is 0 Å². The Morgan fingerprint density at radius 2 is 0.868 bits per heavy atom. The zero-order chi connectivity index (χ0) is 27.8. The summed E-state index contributed by atoms with van der Waals surface area (Å²) in [5.41, 5.74) is 5.15. The summed E-state index contributed by atoms with van der Waals surface area (Å²) >= 11 is 0. The molecule has 224 valence electrons. The molecule has 0 radical (unpaired) electrons. The molecule has 4 heteroatoms. The van der Waals surface area contributed by atoms with Gasteiger partial charge in [-0.3, -0.25) is 9.59 Å². The normalized spacial score (nSPS) is 11.4. The molecule has 0 saturated heterocycles. The molecule has 0 rings (SSSR count). The fourth-order valence-corrected chi connectivity index (χ4v) is 4.94. The van der Waals surface area contributed by atoms with Gasteiger partial charge in [0.05, 0.1) is 6.61 Å². The number of amides is 1. The molecule has 1 amide bonds. The second-order valence-electron chi connectivity index (χ2n) is 11.4. The summed E-state index contributed by atoms with van der Waals surface area (Å²) in [5, 5.41) is 0. The van der Waals surface area contributed by atoms with Gasteiger partial charge in [-0.2, -0.15) is 0 Å². The minimum atomic E-state index is -0.175. The van der Waals surface area contributed by atoms with Gasteiger partial charge >= 0.3 is 5.97 Å². The highest BCUT2D eigenvalue weighted by atomic mass is 16.5. The van der Waals surface area contributed by atoms with E-state index in [1.165, 1.54) is 135 Å². The minimum Gasteiger partial charge on any atom is -0.466 e. The quantitative estimate of drug-likeness (QED) is 0.0545. The molecule has 0 aromatic carbocycles. The van der Waals surface area contributed by atoms with E-state index in [4.69, 9.17) is 10.5 Å². The fraction of sp³-hybridized carbons (Fsp3) is 0.882. The monoisotopic (exact) mass is 535 g/mol. The SMILES string of the molecule is CCCCCCCCC=CCCCCCCCCOC(=O)CCCCCCCCCCCCCCC(N)=O. The predicted octanol–water partition coefficient (Wildman–Crippen LogP) is 10.5. The lowest BCUT2D eigenvalue weighted by atomic mass is 10.0. The van der Waals surface area contributed by atoms with Crippen LogP contribution in [0, 0.1) is 0 Å². The molecule has 38 heavy (non-hydrogen) atoms. The Hall–Kier alpha value is -1.32. The van der Waals surface area contributed by atoms with Crippen molar-refractivity contribution in [3.05, 3.63) is 12.2 Å². The number of carbonyl (C=O) groups is 2. The van der Waals surface area contributed by atoms with Crippen LogP contribution in [0.15, 0.2) is 12.2 Å². The van der Waals surface area contributed by atoms with Crippen LogP contribution in [0.2, 0.25) is 0 Å². The maximum atomic E-state index is 11.9. The molecule has 2 N–H and O–H groups in total. The summed E-state index contributed by atoms with van der Waals surface area (Å²) in [4.78, 5) is 22.6. The van der Waals surface area contributed by atoms with Crippen molar-refractivity contribution in [2.45, 2.75) is 187 Å². The van der Waals surface area contributed by atoms with Gasteiger partial charge in [0.15, 0.2) is 0 Å². The van der Waals surface area contributed by atoms with E-state index in [2.05, 4.69) is 19.1 Å². The number of hydrogen-bond donors (Lipinski definition) is 1. The van der Waals surface area contributed by atoms with Gasteiger partial charge in [0, 0.05) is 12.8 Å². The lowest BCUT2D eigenvalue weighted by molar-refractivity contribution is -0.143. The number of carbonyl (C=O) groups excluding carboxylic acids is 2. The Kier molecular flexibility index (Phi) is 30.8. The molecule has 0 saturated carbocycles. The predicted molar refractivity (Wildman–Crippen MR) is 164 cm³/mol. The first-order chi connectivity index (χ1) is 18.7. The number of unbranched alkanes of at least 4 members (excludes halogenated alkanes) is 23. The van der Waals surface area contributed by atoms with Crippen molar-refractivity contribution in [1.82, 2.24) is 0 Å². The first-order valence-corrected chi connectivity index (χ1v) is 16.8. The van der Waals surface area contributed by atoms with Gasteiger partial charge in [0.25, 0.3) is 0 Å². The van der Waals surface area contributed by atoms with Crippen molar-refractivity contribution in [3.8, 4) is 0 Å². The average Bonchev–Trinajstić information content (AvgIpc) is 2.90. The maximum Gasteiger partial charge on any atom is 0.305 e. The highest BCUT2D eigenvalue weighted by Crippen LogP contribution is 2.14.